The molecule has 236 valence electrons. The number of aromatic amines is 1. The maximum Gasteiger partial charge on any atom is 0.490 e. The molecule has 2 fully saturated rings. The largest absolute Gasteiger partial charge is 0.490 e. The Bertz CT molecular complexity index is 1360. The van der Waals surface area contributed by atoms with E-state index in [0.29, 0.717) is 25.7 Å². The lowest BCUT2D eigenvalue weighted by Gasteiger charge is -2.31. The van der Waals surface area contributed by atoms with Crippen molar-refractivity contribution in [3.8, 4) is 0 Å². The highest BCUT2D eigenvalue weighted by atomic mass is 19.4. The number of benzene rings is 1. The van der Waals surface area contributed by atoms with Gasteiger partial charge in [-0.3, -0.25) is 14.6 Å². The van der Waals surface area contributed by atoms with Crippen molar-refractivity contribution in [1.82, 2.24) is 35.1 Å². The fourth-order valence-corrected chi connectivity index (χ4v) is 4.42. The Labute approximate surface area is 240 Å². The van der Waals surface area contributed by atoms with E-state index in [9.17, 15) is 31.1 Å². The van der Waals surface area contributed by atoms with Crippen LogP contribution in [-0.2, 0) is 27.5 Å². The van der Waals surface area contributed by atoms with Crippen LogP contribution in [0.1, 0.15) is 30.1 Å². The van der Waals surface area contributed by atoms with Crippen molar-refractivity contribution < 1.29 is 50.9 Å². The number of likely N-dealkylation sites (tertiary alicyclic amines) is 1. The molecule has 0 saturated carbocycles. The van der Waals surface area contributed by atoms with Crippen LogP contribution in [0, 0.1) is 0 Å². The number of carbonyl (C=O) groups excluding carboxylic acids is 1. The first-order valence-corrected chi connectivity index (χ1v) is 12.9. The maximum atomic E-state index is 11.5. The Morgan fingerprint density at radius 2 is 1.56 bits per heavy atom. The van der Waals surface area contributed by atoms with Crippen LogP contribution in [0.2, 0.25) is 0 Å². The molecule has 1 amide bonds. The number of aliphatic carboxylic acids is 2. The third-order valence-electron chi connectivity index (χ3n) is 6.50. The molecular weight excluding hydrogens is 592 g/mol. The second-order valence-corrected chi connectivity index (χ2v) is 9.76. The molecule has 0 spiro atoms. The van der Waals surface area contributed by atoms with E-state index in [0.717, 1.165) is 44.7 Å². The quantitative estimate of drug-likeness (QED) is 0.315. The molecule has 5 rings (SSSR count). The smallest absolute Gasteiger partial charge is 0.475 e. The summed E-state index contributed by atoms with van der Waals surface area (Å²) in [6, 6.07) is 9.20. The number of piperazine rings is 1. The first-order valence-electron chi connectivity index (χ1n) is 12.9. The monoisotopic (exact) mass is 621 g/mol. The summed E-state index contributed by atoms with van der Waals surface area (Å²) in [6.07, 6.45) is -3.94. The van der Waals surface area contributed by atoms with Gasteiger partial charge in [0.15, 0.2) is 0 Å². The zero-order valence-corrected chi connectivity index (χ0v) is 22.5. The van der Waals surface area contributed by atoms with Gasteiger partial charge in [0.05, 0.1) is 24.5 Å². The fourth-order valence-electron chi connectivity index (χ4n) is 4.42. The molecule has 0 unspecified atom stereocenters. The van der Waals surface area contributed by atoms with Crippen molar-refractivity contribution in [2.45, 2.75) is 44.3 Å². The molecule has 12 nitrogen and oxygen atoms in total. The van der Waals surface area contributed by atoms with E-state index < -0.39 is 24.3 Å². The highest BCUT2D eigenvalue weighted by Gasteiger charge is 2.38. The van der Waals surface area contributed by atoms with E-state index in [-0.39, 0.29) is 5.91 Å². The number of alkyl halides is 6. The minimum Gasteiger partial charge on any atom is -0.475 e. The maximum absolute atomic E-state index is 11.5. The van der Waals surface area contributed by atoms with Crippen LogP contribution in [0.5, 0.6) is 0 Å². The number of carbonyl (C=O) groups is 3. The Morgan fingerprint density at radius 1 is 0.930 bits per heavy atom. The van der Waals surface area contributed by atoms with Gasteiger partial charge in [0, 0.05) is 51.0 Å². The third kappa shape index (κ3) is 10.5. The summed E-state index contributed by atoms with van der Waals surface area (Å²) in [5.74, 6) is -5.42. The van der Waals surface area contributed by atoms with Crippen LogP contribution in [0.4, 0.5) is 26.3 Å². The van der Waals surface area contributed by atoms with Gasteiger partial charge in [0.2, 0.25) is 5.91 Å². The van der Waals surface area contributed by atoms with Crippen LogP contribution in [-0.4, -0.2) is 103 Å². The second-order valence-electron chi connectivity index (χ2n) is 9.76. The molecule has 2 saturated heterocycles. The zero-order chi connectivity index (χ0) is 31.8. The zero-order valence-electron chi connectivity index (χ0n) is 22.5. The number of H-pyrrole nitrogens is 1. The number of carboxylic acids is 2. The van der Waals surface area contributed by atoms with Crippen molar-refractivity contribution >= 4 is 28.7 Å². The lowest BCUT2D eigenvalue weighted by atomic mass is 10.0. The molecule has 2 aromatic heterocycles. The molecule has 2 aliphatic rings. The van der Waals surface area contributed by atoms with E-state index >= 15 is 0 Å². The molecule has 1 aromatic carbocycles. The van der Waals surface area contributed by atoms with Crippen LogP contribution < -0.4 is 5.32 Å². The first kappa shape index (κ1) is 33.3. The van der Waals surface area contributed by atoms with Crippen molar-refractivity contribution in [2.24, 2.45) is 0 Å². The van der Waals surface area contributed by atoms with Gasteiger partial charge in [0.1, 0.15) is 0 Å². The number of amides is 1. The number of carboxylic acid groups (broad SMARTS) is 2. The molecule has 4 heterocycles. The third-order valence-corrected chi connectivity index (χ3v) is 6.50. The summed E-state index contributed by atoms with van der Waals surface area (Å²) in [4.78, 5) is 37.2. The number of rotatable bonds is 5. The van der Waals surface area contributed by atoms with Crippen LogP contribution in [0.25, 0.3) is 10.9 Å². The number of hydrogen-bond acceptors (Lipinski definition) is 7. The molecular formula is C25H29F6N7O5. The fraction of sp³-hybridized carbons (Fsp3) is 0.480. The van der Waals surface area contributed by atoms with Crippen molar-refractivity contribution in [1.29, 1.82) is 0 Å². The molecule has 2 aliphatic heterocycles. The van der Waals surface area contributed by atoms with E-state index in [1.807, 2.05) is 10.9 Å². The summed E-state index contributed by atoms with van der Waals surface area (Å²) in [5, 5.41) is 27.1. The average molecular weight is 622 g/mol. The summed E-state index contributed by atoms with van der Waals surface area (Å²) in [5.41, 5.74) is 3.51. The number of fused-ring (bicyclic) bond motifs is 1. The van der Waals surface area contributed by atoms with Crippen molar-refractivity contribution in [3.05, 3.63) is 47.9 Å². The van der Waals surface area contributed by atoms with Gasteiger partial charge in [-0.25, -0.2) is 14.3 Å². The lowest BCUT2D eigenvalue weighted by Crippen LogP contribution is -2.47. The van der Waals surface area contributed by atoms with Gasteiger partial charge in [-0.2, -0.15) is 26.3 Å². The normalized spacial score (nSPS) is 16.9. The summed E-state index contributed by atoms with van der Waals surface area (Å²) < 4.78 is 65.5. The Kier molecular flexibility index (Phi) is 11.1. The number of nitrogens with zero attached hydrogens (tertiary/aromatic N) is 5. The topological polar surface area (TPSA) is 157 Å². The van der Waals surface area contributed by atoms with E-state index in [2.05, 4.69) is 60.9 Å². The first-order chi connectivity index (χ1) is 20.1. The van der Waals surface area contributed by atoms with Gasteiger partial charge in [-0.15, -0.1) is 5.10 Å². The predicted octanol–water partition coefficient (Wildman–Crippen LogP) is 2.79. The average Bonchev–Trinajstić information content (AvgIpc) is 3.58. The molecule has 0 aliphatic carbocycles. The standard InChI is InChI=1S/C21H27N7O.2C2HF3O2/c29-21-15-27(10-7-23-21)13-18-14-28(25-24-18)19-4-8-26(9-5-19)12-16-1-2-20-17(11-16)3-6-22-20;2*3-2(4,5)1(6)7/h1-3,6,11,14,19,22H,4-5,7-10,12-13,15H2,(H,23,29);2*(H,6,7). The number of piperidine rings is 1. The number of nitrogens with one attached hydrogen (secondary N) is 2. The molecule has 3 aromatic rings. The van der Waals surface area contributed by atoms with Crippen molar-refractivity contribution in [2.75, 3.05) is 32.7 Å². The minimum atomic E-state index is -5.08. The van der Waals surface area contributed by atoms with E-state index in [4.69, 9.17) is 19.8 Å². The molecule has 0 bridgehead atoms. The van der Waals surface area contributed by atoms with Gasteiger partial charge in [-0.05, 0) is 42.0 Å². The summed E-state index contributed by atoms with van der Waals surface area (Å²) >= 11 is 0. The molecule has 0 atom stereocenters. The Balaban J connectivity index is 0.000000303. The molecule has 4 N–H and O–H groups in total. The molecule has 18 heteroatoms. The molecule has 43 heavy (non-hydrogen) atoms. The number of halogens is 6. The Hall–Kier alpha value is -4.19. The van der Waals surface area contributed by atoms with Gasteiger partial charge < -0.3 is 20.5 Å². The lowest BCUT2D eigenvalue weighted by molar-refractivity contribution is -0.193. The van der Waals surface area contributed by atoms with E-state index in [1.54, 1.807) is 0 Å². The van der Waals surface area contributed by atoms with Gasteiger partial charge >= 0.3 is 24.3 Å². The number of hydrogen-bond donors (Lipinski definition) is 4. The highest BCUT2D eigenvalue weighted by molar-refractivity contribution is 5.80. The second kappa shape index (κ2) is 14.3. The van der Waals surface area contributed by atoms with Gasteiger partial charge in [-0.1, -0.05) is 11.3 Å². The SMILES string of the molecule is O=C(O)C(F)(F)F.O=C(O)C(F)(F)F.O=C1CN(Cc2cn(C3CCN(Cc4ccc5[nH]ccc5c4)CC3)nn2)CCN1. The molecule has 0 radical (unpaired) electrons. The minimum absolute atomic E-state index is 0.0895. The summed E-state index contributed by atoms with van der Waals surface area (Å²) in [7, 11) is 0. The van der Waals surface area contributed by atoms with Crippen molar-refractivity contribution in [3.63, 3.8) is 0 Å². The van der Waals surface area contributed by atoms with Crippen LogP contribution in [0.15, 0.2) is 36.7 Å². The summed E-state index contributed by atoms with van der Waals surface area (Å²) in [6.45, 7) is 5.84. The number of aromatic nitrogens is 4. The predicted molar refractivity (Wildman–Crippen MR) is 138 cm³/mol. The van der Waals surface area contributed by atoms with Gasteiger partial charge in [0.25, 0.3) is 0 Å². The van der Waals surface area contributed by atoms with E-state index in [1.165, 1.54) is 16.5 Å². The highest BCUT2D eigenvalue weighted by Crippen LogP contribution is 2.24. The van der Waals surface area contributed by atoms with Crippen LogP contribution >= 0.6 is 0 Å². The Morgan fingerprint density at radius 3 is 2.14 bits per heavy atom. The van der Waals surface area contributed by atoms with Crippen LogP contribution in [0.3, 0.4) is 0 Å².